The zero-order chi connectivity index (χ0) is 10.6. The lowest BCUT2D eigenvalue weighted by atomic mass is 10.1. The Hall–Kier alpha value is -0.940. The van der Waals surface area contributed by atoms with Crippen LogP contribution in [0.4, 0.5) is 0 Å². The predicted molar refractivity (Wildman–Crippen MR) is 48.5 cm³/mol. The van der Waals surface area contributed by atoms with Crippen molar-refractivity contribution in [1.82, 2.24) is 4.90 Å². The first kappa shape index (κ1) is 11.1. The molecule has 0 aromatic carbocycles. The third kappa shape index (κ3) is 2.30. The summed E-state index contributed by atoms with van der Waals surface area (Å²) >= 11 is 0. The molecule has 0 bridgehead atoms. The summed E-state index contributed by atoms with van der Waals surface area (Å²) in [5.41, 5.74) is 0. The number of hydrogen-bond acceptors (Lipinski definition) is 4. The molecule has 0 saturated carbocycles. The van der Waals surface area contributed by atoms with Gasteiger partial charge in [0.15, 0.2) is 0 Å². The van der Waals surface area contributed by atoms with Crippen LogP contribution in [0.3, 0.4) is 0 Å². The number of aliphatic hydroxyl groups excluding tert-OH is 1. The topological polar surface area (TPSA) is 66.8 Å². The van der Waals surface area contributed by atoms with Gasteiger partial charge < -0.3 is 9.84 Å². The number of rotatable bonds is 4. The highest BCUT2D eigenvalue weighted by Crippen LogP contribution is 2.15. The predicted octanol–water partition coefficient (Wildman–Crippen LogP) is -0.467. The van der Waals surface area contributed by atoms with Crippen molar-refractivity contribution in [2.45, 2.75) is 25.3 Å². The van der Waals surface area contributed by atoms with Crippen LogP contribution in [0, 0.1) is 0 Å². The van der Waals surface area contributed by atoms with E-state index in [4.69, 9.17) is 9.84 Å². The highest BCUT2D eigenvalue weighted by Gasteiger charge is 2.31. The number of aliphatic hydroxyl groups is 1. The second kappa shape index (κ2) is 5.07. The summed E-state index contributed by atoms with van der Waals surface area (Å²) in [6.45, 7) is -0.0563. The van der Waals surface area contributed by atoms with Gasteiger partial charge in [0, 0.05) is 20.0 Å². The maximum atomic E-state index is 11.4. The molecule has 14 heavy (non-hydrogen) atoms. The molecule has 1 atom stereocenters. The van der Waals surface area contributed by atoms with E-state index in [1.165, 1.54) is 7.11 Å². The molecule has 5 nitrogen and oxygen atoms in total. The molecule has 1 saturated heterocycles. The average molecular weight is 201 g/mol. The minimum atomic E-state index is -0.528. The summed E-state index contributed by atoms with van der Waals surface area (Å²) < 4.78 is 4.84. The Bertz CT molecular complexity index is 213. The third-order valence-corrected chi connectivity index (χ3v) is 2.25. The minimum Gasteiger partial charge on any atom is -0.394 e. The fraction of sp³-hybridized carbons (Fsp3) is 0.778. The van der Waals surface area contributed by atoms with Crippen LogP contribution >= 0.6 is 0 Å². The number of imide groups is 1. The Balaban J connectivity index is 2.69. The molecule has 1 unspecified atom stereocenters. The normalized spacial score (nSPS) is 20.0. The van der Waals surface area contributed by atoms with Crippen molar-refractivity contribution < 1.29 is 19.4 Å². The largest absolute Gasteiger partial charge is 0.394 e. The molecule has 1 fully saturated rings. The summed E-state index contributed by atoms with van der Waals surface area (Å²) in [7, 11) is 1.47. The molecule has 0 aliphatic carbocycles. The van der Waals surface area contributed by atoms with Gasteiger partial charge in [-0.2, -0.15) is 0 Å². The zero-order valence-electron chi connectivity index (χ0n) is 8.23. The molecule has 0 aromatic rings. The van der Waals surface area contributed by atoms with Crippen LogP contribution in [0.1, 0.15) is 19.3 Å². The number of carbonyl (C=O) groups is 2. The number of likely N-dealkylation sites (tertiary alicyclic amines) is 1. The number of nitrogens with zero attached hydrogens (tertiary/aromatic N) is 1. The van der Waals surface area contributed by atoms with Gasteiger partial charge in [-0.15, -0.1) is 0 Å². The summed E-state index contributed by atoms with van der Waals surface area (Å²) in [6.07, 6.45) is 1.37. The molecular weight excluding hydrogens is 186 g/mol. The number of piperidine rings is 1. The fourth-order valence-corrected chi connectivity index (χ4v) is 1.58. The zero-order valence-corrected chi connectivity index (χ0v) is 8.23. The number of amides is 2. The van der Waals surface area contributed by atoms with Crippen molar-refractivity contribution in [1.29, 1.82) is 0 Å². The van der Waals surface area contributed by atoms with E-state index in [-0.39, 0.29) is 25.0 Å². The highest BCUT2D eigenvalue weighted by atomic mass is 16.5. The molecule has 1 N–H and O–H groups in total. The lowest BCUT2D eigenvalue weighted by molar-refractivity contribution is -0.153. The molecular formula is C9H15NO4. The Labute approximate surface area is 82.6 Å². The van der Waals surface area contributed by atoms with Crippen molar-refractivity contribution in [3.63, 3.8) is 0 Å². The van der Waals surface area contributed by atoms with E-state index in [0.29, 0.717) is 19.3 Å². The van der Waals surface area contributed by atoms with Crippen molar-refractivity contribution in [3.05, 3.63) is 0 Å². The van der Waals surface area contributed by atoms with E-state index >= 15 is 0 Å². The quantitative estimate of drug-likeness (QED) is 0.624. The standard InChI is InChI=1S/C9H15NO4/c1-14-6-7(5-11)10-8(12)3-2-4-9(10)13/h7,11H,2-6H2,1H3. The Morgan fingerprint density at radius 2 is 2.00 bits per heavy atom. The van der Waals surface area contributed by atoms with Gasteiger partial charge >= 0.3 is 0 Å². The van der Waals surface area contributed by atoms with Gasteiger partial charge in [0.2, 0.25) is 11.8 Å². The van der Waals surface area contributed by atoms with E-state index in [9.17, 15) is 9.59 Å². The van der Waals surface area contributed by atoms with Gasteiger partial charge in [0.25, 0.3) is 0 Å². The van der Waals surface area contributed by atoms with Gasteiger partial charge in [0.1, 0.15) is 0 Å². The number of ether oxygens (including phenoxy) is 1. The highest BCUT2D eigenvalue weighted by molar-refractivity contribution is 5.97. The molecule has 5 heteroatoms. The van der Waals surface area contributed by atoms with Crippen LogP contribution in [0.2, 0.25) is 0 Å². The van der Waals surface area contributed by atoms with Crippen LogP contribution < -0.4 is 0 Å². The second-order valence-electron chi connectivity index (χ2n) is 3.30. The minimum absolute atomic E-state index is 0.188. The number of carbonyl (C=O) groups excluding carboxylic acids is 2. The van der Waals surface area contributed by atoms with Crippen molar-refractivity contribution in [3.8, 4) is 0 Å². The molecule has 0 radical (unpaired) electrons. The first-order chi connectivity index (χ1) is 6.70. The van der Waals surface area contributed by atoms with Gasteiger partial charge in [-0.25, -0.2) is 0 Å². The molecule has 2 amide bonds. The first-order valence-electron chi connectivity index (χ1n) is 4.65. The van der Waals surface area contributed by atoms with E-state index in [1.54, 1.807) is 0 Å². The molecule has 0 spiro atoms. The fourth-order valence-electron chi connectivity index (χ4n) is 1.58. The van der Waals surface area contributed by atoms with Crippen LogP contribution in [-0.4, -0.2) is 48.2 Å². The van der Waals surface area contributed by atoms with Gasteiger partial charge in [0.05, 0.1) is 19.3 Å². The summed E-state index contributed by atoms with van der Waals surface area (Å²) in [6, 6.07) is -0.528. The summed E-state index contributed by atoms with van der Waals surface area (Å²) in [5.74, 6) is -0.422. The van der Waals surface area contributed by atoms with E-state index in [1.807, 2.05) is 0 Å². The monoisotopic (exact) mass is 201 g/mol. The third-order valence-electron chi connectivity index (χ3n) is 2.25. The number of methoxy groups -OCH3 is 1. The molecule has 1 heterocycles. The van der Waals surface area contributed by atoms with Crippen LogP contribution in [0.5, 0.6) is 0 Å². The molecule has 1 aliphatic rings. The summed E-state index contributed by atoms with van der Waals surface area (Å²) in [5, 5.41) is 9.02. The van der Waals surface area contributed by atoms with Gasteiger partial charge in [-0.3, -0.25) is 14.5 Å². The lowest BCUT2D eigenvalue weighted by Crippen LogP contribution is -2.50. The van der Waals surface area contributed by atoms with E-state index in [2.05, 4.69) is 0 Å². The molecule has 1 aliphatic heterocycles. The van der Waals surface area contributed by atoms with Gasteiger partial charge in [-0.05, 0) is 6.42 Å². The maximum Gasteiger partial charge on any atom is 0.229 e. The number of hydrogen-bond donors (Lipinski definition) is 1. The average Bonchev–Trinajstić information content (AvgIpc) is 2.16. The van der Waals surface area contributed by atoms with Crippen LogP contribution in [0.25, 0.3) is 0 Å². The first-order valence-corrected chi connectivity index (χ1v) is 4.65. The van der Waals surface area contributed by atoms with Crippen molar-refractivity contribution in [2.75, 3.05) is 20.3 Å². The maximum absolute atomic E-state index is 11.4. The Morgan fingerprint density at radius 1 is 1.43 bits per heavy atom. The molecule has 0 aromatic heterocycles. The van der Waals surface area contributed by atoms with Gasteiger partial charge in [-0.1, -0.05) is 0 Å². The van der Waals surface area contributed by atoms with Crippen LogP contribution in [0.15, 0.2) is 0 Å². The Morgan fingerprint density at radius 3 is 2.43 bits per heavy atom. The van der Waals surface area contributed by atoms with E-state index < -0.39 is 6.04 Å². The van der Waals surface area contributed by atoms with Crippen molar-refractivity contribution in [2.24, 2.45) is 0 Å². The smallest absolute Gasteiger partial charge is 0.229 e. The van der Waals surface area contributed by atoms with E-state index in [0.717, 1.165) is 4.90 Å². The Kier molecular flexibility index (Phi) is 4.03. The van der Waals surface area contributed by atoms with Crippen LogP contribution in [-0.2, 0) is 14.3 Å². The second-order valence-corrected chi connectivity index (χ2v) is 3.30. The summed E-state index contributed by atoms with van der Waals surface area (Å²) in [4.78, 5) is 24.0. The SMILES string of the molecule is COCC(CO)N1C(=O)CCCC1=O. The van der Waals surface area contributed by atoms with Crippen molar-refractivity contribution >= 4 is 11.8 Å². The molecule has 80 valence electrons. The molecule has 1 rings (SSSR count). The lowest BCUT2D eigenvalue weighted by Gasteiger charge is -2.31.